The highest BCUT2D eigenvalue weighted by atomic mass is 127. The minimum Gasteiger partial charge on any atom is -0.365 e. The van der Waals surface area contributed by atoms with Crippen LogP contribution >= 0.6 is 22.6 Å². The highest BCUT2D eigenvalue weighted by Crippen LogP contribution is 2.22. The van der Waals surface area contributed by atoms with Crippen molar-refractivity contribution in [2.75, 3.05) is 5.32 Å². The summed E-state index contributed by atoms with van der Waals surface area (Å²) in [5, 5.41) is 14.0. The van der Waals surface area contributed by atoms with Crippen molar-refractivity contribution in [3.8, 4) is 0 Å². The van der Waals surface area contributed by atoms with Crippen molar-refractivity contribution in [1.82, 2.24) is 9.97 Å². The van der Waals surface area contributed by atoms with E-state index in [0.717, 1.165) is 15.0 Å². The summed E-state index contributed by atoms with van der Waals surface area (Å²) in [4.78, 5) is 18.5. The zero-order valence-electron chi connectivity index (χ0n) is 10.1. The van der Waals surface area contributed by atoms with Gasteiger partial charge in [0.15, 0.2) is 0 Å². The van der Waals surface area contributed by atoms with Crippen molar-refractivity contribution >= 4 is 34.1 Å². The number of rotatable bonds is 4. The van der Waals surface area contributed by atoms with Crippen LogP contribution < -0.4 is 5.32 Å². The van der Waals surface area contributed by atoms with Crippen LogP contribution in [0.4, 0.5) is 11.5 Å². The van der Waals surface area contributed by atoms with Gasteiger partial charge in [0.25, 0.3) is 5.69 Å². The van der Waals surface area contributed by atoms with Crippen LogP contribution in [-0.4, -0.2) is 14.9 Å². The number of nitrogens with one attached hydrogen (secondary N) is 1. The molecule has 0 aliphatic rings. The molecule has 0 saturated carbocycles. The van der Waals surface area contributed by atoms with E-state index in [1.807, 2.05) is 6.07 Å². The number of hydrogen-bond donors (Lipinski definition) is 1. The normalized spacial score (nSPS) is 10.2. The number of hydrogen-bond acceptors (Lipinski definition) is 5. The van der Waals surface area contributed by atoms with Gasteiger partial charge in [-0.25, -0.2) is 9.97 Å². The Morgan fingerprint density at radius 2 is 2.26 bits per heavy atom. The van der Waals surface area contributed by atoms with Crippen LogP contribution in [0.25, 0.3) is 0 Å². The third-order valence-electron chi connectivity index (χ3n) is 2.73. The lowest BCUT2D eigenvalue weighted by molar-refractivity contribution is -0.385. The van der Waals surface area contributed by atoms with E-state index in [-0.39, 0.29) is 10.6 Å². The van der Waals surface area contributed by atoms with Gasteiger partial charge in [0.1, 0.15) is 12.1 Å². The van der Waals surface area contributed by atoms with E-state index < -0.39 is 0 Å². The molecule has 19 heavy (non-hydrogen) atoms. The molecule has 7 heteroatoms. The Morgan fingerprint density at radius 3 is 2.95 bits per heavy atom. The van der Waals surface area contributed by atoms with Crippen molar-refractivity contribution < 1.29 is 4.92 Å². The molecule has 6 nitrogen and oxygen atoms in total. The van der Waals surface area contributed by atoms with Crippen LogP contribution in [0.3, 0.4) is 0 Å². The summed E-state index contributed by atoms with van der Waals surface area (Å²) in [5.41, 5.74) is 1.68. The quantitative estimate of drug-likeness (QED) is 0.509. The molecule has 0 bridgehead atoms. The first-order chi connectivity index (χ1) is 9.09. The molecule has 0 aliphatic carbocycles. The molecular formula is C12H11IN4O2. The minimum atomic E-state index is -0.368. The van der Waals surface area contributed by atoms with Crippen molar-refractivity contribution in [3.05, 3.63) is 55.5 Å². The summed E-state index contributed by atoms with van der Waals surface area (Å²) in [6.45, 7) is 2.24. The second-order valence-electron chi connectivity index (χ2n) is 3.89. The third-order valence-corrected chi connectivity index (χ3v) is 3.52. The number of nitro benzene ring substituents is 1. The molecule has 1 N–H and O–H groups in total. The molecular weight excluding hydrogens is 359 g/mol. The first-order valence-electron chi connectivity index (χ1n) is 5.52. The van der Waals surface area contributed by atoms with E-state index in [1.54, 1.807) is 19.2 Å². The largest absolute Gasteiger partial charge is 0.365 e. The zero-order chi connectivity index (χ0) is 13.8. The Balaban J connectivity index is 2.19. The number of halogens is 1. The molecule has 2 rings (SSSR count). The summed E-state index contributed by atoms with van der Waals surface area (Å²) in [5.74, 6) is 0.724. The fourth-order valence-electron chi connectivity index (χ4n) is 1.68. The molecule has 0 saturated heterocycles. The Bertz CT molecular complexity index is 618. The average Bonchev–Trinajstić information content (AvgIpc) is 2.39. The summed E-state index contributed by atoms with van der Waals surface area (Å²) >= 11 is 2.13. The fourth-order valence-corrected chi connectivity index (χ4v) is 2.17. The summed E-state index contributed by atoms with van der Waals surface area (Å²) in [6, 6.07) is 5.06. The SMILES string of the molecule is Cc1c(CNc2ncncc2I)cccc1[N+](=O)[O-]. The molecule has 0 spiro atoms. The average molecular weight is 370 g/mol. The molecule has 1 aromatic carbocycles. The second-order valence-corrected chi connectivity index (χ2v) is 5.05. The van der Waals surface area contributed by atoms with E-state index in [0.29, 0.717) is 12.1 Å². The Morgan fingerprint density at radius 1 is 1.47 bits per heavy atom. The van der Waals surface area contributed by atoms with Crippen molar-refractivity contribution in [1.29, 1.82) is 0 Å². The Labute approximate surface area is 123 Å². The lowest BCUT2D eigenvalue weighted by Crippen LogP contribution is -2.06. The van der Waals surface area contributed by atoms with Gasteiger partial charge < -0.3 is 5.32 Å². The molecule has 0 amide bonds. The Hall–Kier alpha value is -1.77. The molecule has 0 unspecified atom stereocenters. The molecule has 1 aromatic heterocycles. The number of anilines is 1. The summed E-state index contributed by atoms with van der Waals surface area (Å²) in [7, 11) is 0. The lowest BCUT2D eigenvalue weighted by Gasteiger charge is -2.09. The fraction of sp³-hybridized carbons (Fsp3) is 0.167. The van der Waals surface area contributed by atoms with Crippen molar-refractivity contribution in [3.63, 3.8) is 0 Å². The smallest absolute Gasteiger partial charge is 0.272 e. The standard InChI is InChI=1S/C12H11IN4O2/c1-8-9(3-2-4-11(8)17(18)19)5-15-12-10(13)6-14-7-16-12/h2-4,6-7H,5H2,1H3,(H,14,15,16). The molecule has 0 atom stereocenters. The van der Waals surface area contributed by atoms with Gasteiger partial charge in [0.2, 0.25) is 0 Å². The highest BCUT2D eigenvalue weighted by Gasteiger charge is 2.13. The van der Waals surface area contributed by atoms with Gasteiger partial charge in [0.05, 0.1) is 8.49 Å². The lowest BCUT2D eigenvalue weighted by atomic mass is 10.1. The zero-order valence-corrected chi connectivity index (χ0v) is 12.3. The van der Waals surface area contributed by atoms with E-state index in [9.17, 15) is 10.1 Å². The van der Waals surface area contributed by atoms with E-state index >= 15 is 0 Å². The van der Waals surface area contributed by atoms with Crippen LogP contribution in [0.1, 0.15) is 11.1 Å². The number of aromatic nitrogens is 2. The predicted octanol–water partition coefficient (Wildman–Crippen LogP) is 2.91. The predicted molar refractivity (Wildman–Crippen MR) is 79.9 cm³/mol. The van der Waals surface area contributed by atoms with Crippen LogP contribution in [0.5, 0.6) is 0 Å². The monoisotopic (exact) mass is 370 g/mol. The topological polar surface area (TPSA) is 81.0 Å². The number of nitrogens with zero attached hydrogens (tertiary/aromatic N) is 3. The first kappa shape index (κ1) is 13.7. The first-order valence-corrected chi connectivity index (χ1v) is 6.59. The maximum atomic E-state index is 10.9. The summed E-state index contributed by atoms with van der Waals surface area (Å²) in [6.07, 6.45) is 3.17. The van der Waals surface area contributed by atoms with Crippen molar-refractivity contribution in [2.24, 2.45) is 0 Å². The van der Waals surface area contributed by atoms with Crippen LogP contribution in [-0.2, 0) is 6.54 Å². The molecule has 98 valence electrons. The third kappa shape index (κ3) is 3.16. The number of benzene rings is 1. The number of nitro groups is 1. The Kier molecular flexibility index (Phi) is 4.25. The second kappa shape index (κ2) is 5.91. The van der Waals surface area contributed by atoms with Crippen LogP contribution in [0, 0.1) is 20.6 Å². The van der Waals surface area contributed by atoms with Gasteiger partial charge in [-0.15, -0.1) is 0 Å². The highest BCUT2D eigenvalue weighted by molar-refractivity contribution is 14.1. The molecule has 0 radical (unpaired) electrons. The molecule has 0 aliphatic heterocycles. The van der Waals surface area contributed by atoms with E-state index in [2.05, 4.69) is 37.9 Å². The minimum absolute atomic E-state index is 0.136. The van der Waals surface area contributed by atoms with E-state index in [4.69, 9.17) is 0 Å². The molecule has 2 aromatic rings. The maximum absolute atomic E-state index is 10.9. The molecule has 1 heterocycles. The maximum Gasteiger partial charge on any atom is 0.272 e. The van der Waals surface area contributed by atoms with Gasteiger partial charge >= 0.3 is 0 Å². The van der Waals surface area contributed by atoms with Gasteiger partial charge in [-0.2, -0.15) is 0 Å². The van der Waals surface area contributed by atoms with Crippen LogP contribution in [0.15, 0.2) is 30.7 Å². The van der Waals surface area contributed by atoms with Gasteiger partial charge in [0, 0.05) is 24.4 Å². The summed E-state index contributed by atoms with van der Waals surface area (Å²) < 4.78 is 0.906. The van der Waals surface area contributed by atoms with Crippen LogP contribution in [0.2, 0.25) is 0 Å². The van der Waals surface area contributed by atoms with Gasteiger partial charge in [-0.1, -0.05) is 12.1 Å². The molecule has 0 fully saturated rings. The van der Waals surface area contributed by atoms with Gasteiger partial charge in [-0.05, 0) is 35.1 Å². The van der Waals surface area contributed by atoms with E-state index in [1.165, 1.54) is 12.4 Å². The van der Waals surface area contributed by atoms with Gasteiger partial charge in [-0.3, -0.25) is 10.1 Å². The van der Waals surface area contributed by atoms with Crippen molar-refractivity contribution in [2.45, 2.75) is 13.5 Å².